The number of alkyl halides is 3. The third kappa shape index (κ3) is 3.75. The van der Waals surface area contributed by atoms with Crippen LogP contribution in [0, 0.1) is 6.92 Å². The molecule has 6 heteroatoms. The van der Waals surface area contributed by atoms with E-state index in [0.717, 1.165) is 17.7 Å². The third-order valence-electron chi connectivity index (χ3n) is 2.83. The summed E-state index contributed by atoms with van der Waals surface area (Å²) in [5.74, 6) is 0.780. The average Bonchev–Trinajstić information content (AvgIpc) is 2.42. The van der Waals surface area contributed by atoms with Crippen LogP contribution in [0.5, 0.6) is 11.5 Å². The minimum absolute atomic E-state index is 0.304. The maximum atomic E-state index is 12.4. The lowest BCUT2D eigenvalue weighted by Gasteiger charge is -2.10. The van der Waals surface area contributed by atoms with Gasteiger partial charge in [0, 0.05) is 5.69 Å². The predicted molar refractivity (Wildman–Crippen MR) is 72.4 cm³/mol. The van der Waals surface area contributed by atoms with Crippen molar-refractivity contribution in [2.75, 3.05) is 5.32 Å². The highest BCUT2D eigenvalue weighted by atomic mass is 19.4. The highest BCUT2D eigenvalue weighted by molar-refractivity contribution is 5.73. The lowest BCUT2D eigenvalue weighted by atomic mass is 10.2. The second kappa shape index (κ2) is 5.87. The van der Waals surface area contributed by atoms with Gasteiger partial charge in [0.25, 0.3) is 0 Å². The van der Waals surface area contributed by atoms with E-state index >= 15 is 0 Å². The van der Waals surface area contributed by atoms with Gasteiger partial charge >= 0.3 is 6.18 Å². The van der Waals surface area contributed by atoms with Gasteiger partial charge in [0.15, 0.2) is 0 Å². The van der Waals surface area contributed by atoms with Crippen molar-refractivity contribution in [3.63, 3.8) is 0 Å². The van der Waals surface area contributed by atoms with Crippen LogP contribution in [-0.4, -0.2) is 6.41 Å². The Labute approximate surface area is 119 Å². The van der Waals surface area contributed by atoms with Gasteiger partial charge in [-0.3, -0.25) is 4.79 Å². The number of ether oxygens (including phenoxy) is 1. The summed E-state index contributed by atoms with van der Waals surface area (Å²) in [7, 11) is 0. The third-order valence-corrected chi connectivity index (χ3v) is 2.83. The van der Waals surface area contributed by atoms with Gasteiger partial charge in [-0.2, -0.15) is 13.2 Å². The van der Waals surface area contributed by atoms with Crippen molar-refractivity contribution in [3.05, 3.63) is 53.6 Å². The SMILES string of the molecule is Cc1cc(Oc2ccc(C(F)(F)F)cc2)ccc1NC=O. The fourth-order valence-electron chi connectivity index (χ4n) is 1.77. The van der Waals surface area contributed by atoms with Crippen LogP contribution in [0.3, 0.4) is 0 Å². The summed E-state index contributed by atoms with van der Waals surface area (Å²) in [5.41, 5.74) is 0.702. The van der Waals surface area contributed by atoms with Gasteiger partial charge in [0.2, 0.25) is 6.41 Å². The fourth-order valence-corrected chi connectivity index (χ4v) is 1.77. The zero-order valence-electron chi connectivity index (χ0n) is 11.1. The van der Waals surface area contributed by atoms with E-state index in [1.54, 1.807) is 25.1 Å². The maximum Gasteiger partial charge on any atom is 0.416 e. The van der Waals surface area contributed by atoms with Gasteiger partial charge in [0.05, 0.1) is 5.56 Å². The quantitative estimate of drug-likeness (QED) is 0.850. The van der Waals surface area contributed by atoms with Crippen molar-refractivity contribution < 1.29 is 22.7 Å². The Bertz CT molecular complexity index is 636. The van der Waals surface area contributed by atoms with Crippen molar-refractivity contribution in [3.8, 4) is 11.5 Å². The molecule has 0 fully saturated rings. The molecular weight excluding hydrogens is 283 g/mol. The summed E-state index contributed by atoms with van der Waals surface area (Å²) >= 11 is 0. The summed E-state index contributed by atoms with van der Waals surface area (Å²) in [6, 6.07) is 9.41. The zero-order valence-corrected chi connectivity index (χ0v) is 11.1. The van der Waals surface area contributed by atoms with Crippen molar-refractivity contribution in [2.24, 2.45) is 0 Å². The van der Waals surface area contributed by atoms with E-state index in [0.29, 0.717) is 23.6 Å². The lowest BCUT2D eigenvalue weighted by molar-refractivity contribution is -0.137. The van der Waals surface area contributed by atoms with E-state index in [1.165, 1.54) is 12.1 Å². The minimum atomic E-state index is -4.36. The van der Waals surface area contributed by atoms with Crippen LogP contribution in [-0.2, 0) is 11.0 Å². The number of amides is 1. The fraction of sp³-hybridized carbons (Fsp3) is 0.133. The summed E-state index contributed by atoms with van der Waals surface area (Å²) < 4.78 is 42.8. The molecule has 0 saturated carbocycles. The van der Waals surface area contributed by atoms with Gasteiger partial charge in [-0.1, -0.05) is 0 Å². The topological polar surface area (TPSA) is 38.3 Å². The lowest BCUT2D eigenvalue weighted by Crippen LogP contribution is -2.04. The molecule has 0 aliphatic carbocycles. The smallest absolute Gasteiger partial charge is 0.416 e. The molecular formula is C15H12F3NO2. The molecule has 110 valence electrons. The Morgan fingerprint density at radius 3 is 2.19 bits per heavy atom. The number of benzene rings is 2. The molecule has 0 aromatic heterocycles. The van der Waals surface area contributed by atoms with E-state index in [1.807, 2.05) is 0 Å². The molecule has 3 nitrogen and oxygen atoms in total. The molecule has 1 amide bonds. The molecule has 0 heterocycles. The number of halogens is 3. The highest BCUT2D eigenvalue weighted by Crippen LogP contribution is 2.32. The molecule has 2 rings (SSSR count). The Kier molecular flexibility index (Phi) is 4.16. The molecule has 0 saturated heterocycles. The monoisotopic (exact) mass is 295 g/mol. The van der Waals surface area contributed by atoms with Gasteiger partial charge in [0.1, 0.15) is 11.5 Å². The summed E-state index contributed by atoms with van der Waals surface area (Å²) in [6.07, 6.45) is -3.80. The molecule has 0 aliphatic rings. The first-order chi connectivity index (χ1) is 9.90. The number of hydrogen-bond donors (Lipinski definition) is 1. The van der Waals surface area contributed by atoms with Crippen LogP contribution < -0.4 is 10.1 Å². The Hall–Kier alpha value is -2.50. The molecule has 0 radical (unpaired) electrons. The van der Waals surface area contributed by atoms with E-state index < -0.39 is 11.7 Å². The average molecular weight is 295 g/mol. The highest BCUT2D eigenvalue weighted by Gasteiger charge is 2.30. The van der Waals surface area contributed by atoms with Gasteiger partial charge < -0.3 is 10.1 Å². The van der Waals surface area contributed by atoms with Crippen molar-refractivity contribution >= 4 is 12.1 Å². The number of hydrogen-bond acceptors (Lipinski definition) is 2. The number of nitrogens with one attached hydrogen (secondary N) is 1. The largest absolute Gasteiger partial charge is 0.457 e. The van der Waals surface area contributed by atoms with Crippen LogP contribution >= 0.6 is 0 Å². The zero-order chi connectivity index (χ0) is 15.5. The number of carbonyl (C=O) groups excluding carboxylic acids is 1. The number of rotatable bonds is 4. The van der Waals surface area contributed by atoms with E-state index in [-0.39, 0.29) is 0 Å². The van der Waals surface area contributed by atoms with Crippen LogP contribution in [0.4, 0.5) is 18.9 Å². The minimum Gasteiger partial charge on any atom is -0.457 e. The van der Waals surface area contributed by atoms with Crippen LogP contribution in [0.15, 0.2) is 42.5 Å². The molecule has 1 N–H and O–H groups in total. The Morgan fingerprint density at radius 2 is 1.67 bits per heavy atom. The first-order valence-corrected chi connectivity index (χ1v) is 6.06. The molecule has 0 unspecified atom stereocenters. The number of anilines is 1. The van der Waals surface area contributed by atoms with Crippen LogP contribution in [0.1, 0.15) is 11.1 Å². The first kappa shape index (κ1) is 14.9. The van der Waals surface area contributed by atoms with Gasteiger partial charge in [-0.15, -0.1) is 0 Å². The number of carbonyl (C=O) groups is 1. The number of aryl methyl sites for hydroxylation is 1. The Balaban J connectivity index is 2.15. The molecule has 0 bridgehead atoms. The van der Waals surface area contributed by atoms with Crippen LogP contribution in [0.25, 0.3) is 0 Å². The first-order valence-electron chi connectivity index (χ1n) is 6.06. The summed E-state index contributed by atoms with van der Waals surface area (Å²) in [5, 5.41) is 2.53. The molecule has 21 heavy (non-hydrogen) atoms. The predicted octanol–water partition coefficient (Wildman–Crippen LogP) is 4.37. The molecule has 0 atom stereocenters. The molecule has 0 spiro atoms. The second-order valence-electron chi connectivity index (χ2n) is 4.36. The van der Waals surface area contributed by atoms with Crippen LogP contribution in [0.2, 0.25) is 0 Å². The van der Waals surface area contributed by atoms with Crippen molar-refractivity contribution in [2.45, 2.75) is 13.1 Å². The van der Waals surface area contributed by atoms with E-state index in [2.05, 4.69) is 5.32 Å². The molecule has 0 aliphatic heterocycles. The second-order valence-corrected chi connectivity index (χ2v) is 4.36. The van der Waals surface area contributed by atoms with E-state index in [9.17, 15) is 18.0 Å². The maximum absolute atomic E-state index is 12.4. The summed E-state index contributed by atoms with van der Waals surface area (Å²) in [4.78, 5) is 10.4. The Morgan fingerprint density at radius 1 is 1.05 bits per heavy atom. The molecule has 2 aromatic rings. The van der Waals surface area contributed by atoms with E-state index in [4.69, 9.17) is 4.74 Å². The van der Waals surface area contributed by atoms with Gasteiger partial charge in [-0.25, -0.2) is 0 Å². The van der Waals surface area contributed by atoms with Gasteiger partial charge in [-0.05, 0) is 55.0 Å². The summed E-state index contributed by atoms with van der Waals surface area (Å²) in [6.45, 7) is 1.78. The standard InChI is InChI=1S/C15H12F3NO2/c1-10-8-13(6-7-14(10)19-9-20)21-12-4-2-11(3-5-12)15(16,17)18/h2-9H,1H3,(H,19,20). The van der Waals surface area contributed by atoms with Crippen molar-refractivity contribution in [1.29, 1.82) is 0 Å². The normalized spacial score (nSPS) is 11.0. The molecule has 2 aromatic carbocycles. The van der Waals surface area contributed by atoms with Crippen molar-refractivity contribution in [1.82, 2.24) is 0 Å².